The standard InChI is InChI=1S/C9H7BrS2/c10-9-6-3-1-2-4-7(6)12-8(9)5-11/h1-4,11H,5H2. The van der Waals surface area contributed by atoms with E-state index < -0.39 is 0 Å². The third-order valence-corrected chi connectivity index (χ3v) is 4.61. The average Bonchev–Trinajstić information content (AvgIpc) is 2.44. The number of fused-ring (bicyclic) bond motifs is 1. The number of hydrogen-bond donors (Lipinski definition) is 1. The van der Waals surface area contributed by atoms with E-state index in [9.17, 15) is 0 Å². The lowest BCUT2D eigenvalue weighted by molar-refractivity contribution is 1.54. The number of thiol groups is 1. The monoisotopic (exact) mass is 258 g/mol. The van der Waals surface area contributed by atoms with Crippen LogP contribution in [0.3, 0.4) is 0 Å². The highest BCUT2D eigenvalue weighted by Gasteiger charge is 2.06. The number of halogens is 1. The van der Waals surface area contributed by atoms with Crippen molar-refractivity contribution in [3.8, 4) is 0 Å². The highest BCUT2D eigenvalue weighted by molar-refractivity contribution is 9.10. The first-order valence-corrected chi connectivity index (χ1v) is 5.84. The quantitative estimate of drug-likeness (QED) is 0.732. The summed E-state index contributed by atoms with van der Waals surface area (Å²) in [5.74, 6) is 0.805. The van der Waals surface area contributed by atoms with E-state index in [1.165, 1.54) is 19.4 Å². The first kappa shape index (κ1) is 8.60. The van der Waals surface area contributed by atoms with Crippen molar-refractivity contribution >= 4 is 50.0 Å². The molecule has 0 spiro atoms. The van der Waals surface area contributed by atoms with Gasteiger partial charge in [-0.1, -0.05) is 18.2 Å². The summed E-state index contributed by atoms with van der Waals surface area (Å²) >= 11 is 9.64. The highest BCUT2D eigenvalue weighted by Crippen LogP contribution is 2.35. The van der Waals surface area contributed by atoms with Gasteiger partial charge in [-0.2, -0.15) is 12.6 Å². The Labute approximate surface area is 89.1 Å². The predicted octanol–water partition coefficient (Wildman–Crippen LogP) is 4.09. The summed E-state index contributed by atoms with van der Waals surface area (Å²) in [5, 5.41) is 1.30. The van der Waals surface area contributed by atoms with E-state index in [0.29, 0.717) is 0 Å². The SMILES string of the molecule is SCc1sc2ccccc2c1Br. The zero-order valence-electron chi connectivity index (χ0n) is 6.25. The molecule has 0 nitrogen and oxygen atoms in total. The van der Waals surface area contributed by atoms with Crippen molar-refractivity contribution in [2.24, 2.45) is 0 Å². The molecule has 0 aliphatic carbocycles. The van der Waals surface area contributed by atoms with E-state index >= 15 is 0 Å². The Morgan fingerprint density at radius 3 is 2.75 bits per heavy atom. The molecule has 0 N–H and O–H groups in total. The predicted molar refractivity (Wildman–Crippen MR) is 62.2 cm³/mol. The largest absolute Gasteiger partial charge is 0.174 e. The van der Waals surface area contributed by atoms with Crippen LogP contribution < -0.4 is 0 Å². The minimum atomic E-state index is 0.805. The number of thiophene rings is 1. The minimum Gasteiger partial charge on any atom is -0.174 e. The summed E-state index contributed by atoms with van der Waals surface area (Å²) in [4.78, 5) is 1.31. The first-order valence-electron chi connectivity index (χ1n) is 3.59. The molecule has 0 fully saturated rings. The fraction of sp³-hybridized carbons (Fsp3) is 0.111. The molecule has 1 heterocycles. The van der Waals surface area contributed by atoms with Crippen LogP contribution in [0.15, 0.2) is 28.7 Å². The third-order valence-electron chi connectivity index (χ3n) is 1.75. The van der Waals surface area contributed by atoms with Crippen LogP contribution in [0.1, 0.15) is 4.88 Å². The molecule has 12 heavy (non-hydrogen) atoms. The third kappa shape index (κ3) is 1.30. The Bertz CT molecular complexity index is 406. The number of hydrogen-bond acceptors (Lipinski definition) is 2. The molecule has 0 aliphatic heterocycles. The summed E-state index contributed by atoms with van der Waals surface area (Å²) in [5.41, 5.74) is 0. The Kier molecular flexibility index (Phi) is 2.44. The van der Waals surface area contributed by atoms with Crippen molar-refractivity contribution in [2.75, 3.05) is 0 Å². The lowest BCUT2D eigenvalue weighted by Crippen LogP contribution is -1.67. The summed E-state index contributed by atoms with van der Waals surface area (Å²) in [6.45, 7) is 0. The summed E-state index contributed by atoms with van der Waals surface area (Å²) in [7, 11) is 0. The zero-order chi connectivity index (χ0) is 8.55. The normalized spacial score (nSPS) is 10.8. The second-order valence-corrected chi connectivity index (χ2v) is 4.74. The van der Waals surface area contributed by atoms with Gasteiger partial charge in [-0.05, 0) is 22.0 Å². The molecule has 0 atom stereocenters. The van der Waals surface area contributed by atoms with Gasteiger partial charge in [-0.3, -0.25) is 0 Å². The van der Waals surface area contributed by atoms with Crippen LogP contribution in [0, 0.1) is 0 Å². The topological polar surface area (TPSA) is 0 Å². The van der Waals surface area contributed by atoms with E-state index in [2.05, 4.69) is 52.8 Å². The van der Waals surface area contributed by atoms with Crippen molar-refractivity contribution in [3.05, 3.63) is 33.6 Å². The maximum Gasteiger partial charge on any atom is 0.0401 e. The molecule has 0 aliphatic rings. The molecule has 0 saturated carbocycles. The molecule has 1 aromatic heterocycles. The fourth-order valence-electron chi connectivity index (χ4n) is 1.17. The van der Waals surface area contributed by atoms with Gasteiger partial charge in [0.1, 0.15) is 0 Å². The molecular weight excluding hydrogens is 252 g/mol. The molecule has 2 aromatic rings. The smallest absolute Gasteiger partial charge is 0.0401 e. The molecular formula is C9H7BrS2. The van der Waals surface area contributed by atoms with E-state index in [1.54, 1.807) is 11.3 Å². The molecule has 0 saturated heterocycles. The van der Waals surface area contributed by atoms with Gasteiger partial charge >= 0.3 is 0 Å². The Hall–Kier alpha value is 0.01000. The Morgan fingerprint density at radius 2 is 2.08 bits per heavy atom. The maximum absolute atomic E-state index is 4.27. The first-order chi connectivity index (χ1) is 5.83. The summed E-state index contributed by atoms with van der Waals surface area (Å²) in [6.07, 6.45) is 0. The van der Waals surface area contributed by atoms with E-state index in [1.807, 2.05) is 0 Å². The van der Waals surface area contributed by atoms with Crippen LogP contribution >= 0.6 is 39.9 Å². The van der Waals surface area contributed by atoms with Crippen LogP contribution in [0.5, 0.6) is 0 Å². The lowest BCUT2D eigenvalue weighted by atomic mass is 10.2. The maximum atomic E-state index is 4.27. The number of rotatable bonds is 1. The second kappa shape index (κ2) is 3.40. The van der Waals surface area contributed by atoms with Crippen molar-refractivity contribution < 1.29 is 0 Å². The van der Waals surface area contributed by atoms with Crippen LogP contribution in [-0.2, 0) is 5.75 Å². The molecule has 62 valence electrons. The van der Waals surface area contributed by atoms with Gasteiger partial charge in [-0.25, -0.2) is 0 Å². The highest BCUT2D eigenvalue weighted by atomic mass is 79.9. The van der Waals surface area contributed by atoms with Crippen LogP contribution in [0.25, 0.3) is 10.1 Å². The van der Waals surface area contributed by atoms with E-state index in [0.717, 1.165) is 5.75 Å². The lowest BCUT2D eigenvalue weighted by Gasteiger charge is -1.88. The second-order valence-electron chi connectivity index (χ2n) is 2.49. The molecule has 0 unspecified atom stereocenters. The summed E-state index contributed by atoms with van der Waals surface area (Å²) in [6, 6.07) is 8.39. The van der Waals surface area contributed by atoms with E-state index in [4.69, 9.17) is 0 Å². The fourth-order valence-corrected chi connectivity index (χ4v) is 3.55. The average molecular weight is 259 g/mol. The number of benzene rings is 1. The molecule has 0 bridgehead atoms. The van der Waals surface area contributed by atoms with Crippen molar-refractivity contribution in [1.29, 1.82) is 0 Å². The molecule has 3 heteroatoms. The van der Waals surface area contributed by atoms with Crippen LogP contribution in [0.4, 0.5) is 0 Å². The van der Waals surface area contributed by atoms with Gasteiger partial charge in [-0.15, -0.1) is 11.3 Å². The van der Waals surface area contributed by atoms with Gasteiger partial charge in [0.05, 0.1) is 0 Å². The zero-order valence-corrected chi connectivity index (χ0v) is 9.55. The molecule has 2 rings (SSSR count). The van der Waals surface area contributed by atoms with Crippen LogP contribution in [-0.4, -0.2) is 0 Å². The van der Waals surface area contributed by atoms with E-state index in [-0.39, 0.29) is 0 Å². The minimum absolute atomic E-state index is 0.805. The van der Waals surface area contributed by atoms with Crippen molar-refractivity contribution in [2.45, 2.75) is 5.75 Å². The Morgan fingerprint density at radius 1 is 1.33 bits per heavy atom. The van der Waals surface area contributed by atoms with Gasteiger partial charge in [0.2, 0.25) is 0 Å². The van der Waals surface area contributed by atoms with Crippen molar-refractivity contribution in [1.82, 2.24) is 0 Å². The Balaban J connectivity index is 2.78. The molecule has 0 radical (unpaired) electrons. The molecule has 0 amide bonds. The van der Waals surface area contributed by atoms with Gasteiger partial charge in [0.25, 0.3) is 0 Å². The van der Waals surface area contributed by atoms with Gasteiger partial charge in [0.15, 0.2) is 0 Å². The van der Waals surface area contributed by atoms with Crippen molar-refractivity contribution in [3.63, 3.8) is 0 Å². The van der Waals surface area contributed by atoms with Gasteiger partial charge < -0.3 is 0 Å². The summed E-state index contributed by atoms with van der Waals surface area (Å²) < 4.78 is 2.53. The molecule has 1 aromatic carbocycles. The van der Waals surface area contributed by atoms with Crippen LogP contribution in [0.2, 0.25) is 0 Å². The van der Waals surface area contributed by atoms with Gasteiger partial charge in [0, 0.05) is 25.2 Å².